The van der Waals surface area contributed by atoms with Gasteiger partial charge in [-0.3, -0.25) is 4.68 Å². The zero-order chi connectivity index (χ0) is 10.0. The van der Waals surface area contributed by atoms with Crippen molar-refractivity contribution in [2.75, 3.05) is 7.05 Å². The molecule has 1 unspecified atom stereocenters. The predicted molar refractivity (Wildman–Crippen MR) is 54.8 cm³/mol. The van der Waals surface area contributed by atoms with Crippen LogP contribution in [0.5, 0.6) is 0 Å². The molecule has 0 fully saturated rings. The molecule has 0 aliphatic heterocycles. The maximum atomic E-state index is 4.47. The molecule has 1 N–H and O–H groups in total. The van der Waals surface area contributed by atoms with Gasteiger partial charge in [0.05, 0.1) is 5.69 Å². The third kappa shape index (κ3) is 1.75. The molecule has 0 spiro atoms. The van der Waals surface area contributed by atoms with Crippen molar-refractivity contribution in [1.29, 1.82) is 0 Å². The van der Waals surface area contributed by atoms with Gasteiger partial charge in [-0.1, -0.05) is 0 Å². The van der Waals surface area contributed by atoms with E-state index in [-0.39, 0.29) is 0 Å². The summed E-state index contributed by atoms with van der Waals surface area (Å²) in [7, 11) is 1.98. The minimum Gasteiger partial charge on any atom is -0.313 e. The lowest BCUT2D eigenvalue weighted by Crippen LogP contribution is -2.14. The van der Waals surface area contributed by atoms with E-state index in [1.54, 1.807) is 0 Å². The number of rotatable bonds is 3. The Labute approximate surface area is 80.1 Å². The van der Waals surface area contributed by atoms with Gasteiger partial charge in [0.1, 0.15) is 0 Å². The van der Waals surface area contributed by atoms with Crippen molar-refractivity contribution in [2.45, 2.75) is 40.3 Å². The third-order valence-corrected chi connectivity index (χ3v) is 2.60. The van der Waals surface area contributed by atoms with Crippen molar-refractivity contribution in [1.82, 2.24) is 15.1 Å². The largest absolute Gasteiger partial charge is 0.313 e. The Morgan fingerprint density at radius 2 is 2.08 bits per heavy atom. The van der Waals surface area contributed by atoms with Crippen LogP contribution in [0.25, 0.3) is 0 Å². The molecule has 0 saturated heterocycles. The van der Waals surface area contributed by atoms with Crippen molar-refractivity contribution in [3.63, 3.8) is 0 Å². The summed E-state index contributed by atoms with van der Waals surface area (Å²) < 4.78 is 2.05. The van der Waals surface area contributed by atoms with Gasteiger partial charge in [-0.2, -0.15) is 5.10 Å². The Kier molecular flexibility index (Phi) is 3.09. The molecule has 1 rings (SSSR count). The highest BCUT2D eigenvalue weighted by Gasteiger charge is 2.14. The summed E-state index contributed by atoms with van der Waals surface area (Å²) in [6.45, 7) is 9.43. The minimum absolute atomic E-state index is 0.389. The first-order chi connectivity index (χ1) is 6.11. The second-order valence-corrected chi connectivity index (χ2v) is 3.41. The molecule has 74 valence electrons. The smallest absolute Gasteiger partial charge is 0.0644 e. The molecule has 0 aromatic carbocycles. The summed E-state index contributed by atoms with van der Waals surface area (Å²) >= 11 is 0. The fourth-order valence-corrected chi connectivity index (χ4v) is 1.79. The van der Waals surface area contributed by atoms with Crippen molar-refractivity contribution in [3.05, 3.63) is 17.0 Å². The summed E-state index contributed by atoms with van der Waals surface area (Å²) in [5, 5.41) is 7.72. The number of hydrogen-bond acceptors (Lipinski definition) is 2. The molecular weight excluding hydrogens is 162 g/mol. The van der Waals surface area contributed by atoms with Crippen LogP contribution in [-0.4, -0.2) is 16.8 Å². The van der Waals surface area contributed by atoms with E-state index in [1.165, 1.54) is 11.3 Å². The van der Waals surface area contributed by atoms with E-state index >= 15 is 0 Å². The number of aromatic nitrogens is 2. The van der Waals surface area contributed by atoms with Gasteiger partial charge in [0.15, 0.2) is 0 Å². The Morgan fingerprint density at radius 1 is 1.46 bits per heavy atom. The monoisotopic (exact) mass is 181 g/mol. The molecule has 1 heterocycles. The van der Waals surface area contributed by atoms with Crippen LogP contribution in [0, 0.1) is 13.8 Å². The molecule has 0 radical (unpaired) electrons. The highest BCUT2D eigenvalue weighted by molar-refractivity contribution is 5.27. The van der Waals surface area contributed by atoms with E-state index in [1.807, 2.05) is 7.05 Å². The fourth-order valence-electron chi connectivity index (χ4n) is 1.79. The van der Waals surface area contributed by atoms with Crippen LogP contribution in [0.2, 0.25) is 0 Å². The summed E-state index contributed by atoms with van der Waals surface area (Å²) in [6, 6.07) is 0.389. The lowest BCUT2D eigenvalue weighted by molar-refractivity contribution is 0.621. The van der Waals surface area contributed by atoms with Gasteiger partial charge >= 0.3 is 0 Å². The zero-order valence-electron chi connectivity index (χ0n) is 9.18. The van der Waals surface area contributed by atoms with Crippen LogP contribution in [0.3, 0.4) is 0 Å². The van der Waals surface area contributed by atoms with E-state index < -0.39 is 0 Å². The predicted octanol–water partition coefficient (Wildman–Crippen LogP) is 1.80. The summed E-state index contributed by atoms with van der Waals surface area (Å²) in [5.74, 6) is 0. The van der Waals surface area contributed by atoms with Crippen LogP contribution < -0.4 is 5.32 Å². The fraction of sp³-hybridized carbons (Fsp3) is 0.700. The molecule has 1 atom stereocenters. The van der Waals surface area contributed by atoms with Crippen molar-refractivity contribution in [3.8, 4) is 0 Å². The zero-order valence-corrected chi connectivity index (χ0v) is 9.18. The highest BCUT2D eigenvalue weighted by Crippen LogP contribution is 2.20. The lowest BCUT2D eigenvalue weighted by Gasteiger charge is -2.10. The Bertz CT molecular complexity index is 289. The normalized spacial score (nSPS) is 13.3. The van der Waals surface area contributed by atoms with Crippen LogP contribution in [-0.2, 0) is 6.54 Å². The first kappa shape index (κ1) is 10.3. The highest BCUT2D eigenvalue weighted by atomic mass is 15.3. The average Bonchev–Trinajstić information content (AvgIpc) is 2.40. The number of nitrogens with one attached hydrogen (secondary N) is 1. The molecule has 0 aliphatic carbocycles. The second-order valence-electron chi connectivity index (χ2n) is 3.41. The van der Waals surface area contributed by atoms with Gasteiger partial charge < -0.3 is 5.32 Å². The molecule has 0 saturated carbocycles. The SMILES string of the molecule is CCn1nc(C)c(C(C)NC)c1C. The standard InChI is InChI=1S/C10H19N3/c1-6-13-9(4)10(7(2)11-5)8(3)12-13/h7,11H,6H2,1-5H3. The Hall–Kier alpha value is -0.830. The molecule has 3 heteroatoms. The second kappa shape index (κ2) is 3.92. The van der Waals surface area contributed by atoms with Gasteiger partial charge in [-0.15, -0.1) is 0 Å². The summed E-state index contributed by atoms with van der Waals surface area (Å²) in [5.41, 5.74) is 3.76. The average molecular weight is 181 g/mol. The van der Waals surface area contributed by atoms with Crippen LogP contribution >= 0.6 is 0 Å². The van der Waals surface area contributed by atoms with E-state index in [0.717, 1.165) is 12.2 Å². The maximum absolute atomic E-state index is 4.47. The van der Waals surface area contributed by atoms with Gasteiger partial charge in [-0.05, 0) is 34.7 Å². The van der Waals surface area contributed by atoms with E-state index in [4.69, 9.17) is 0 Å². The molecule has 3 nitrogen and oxygen atoms in total. The number of aryl methyl sites for hydroxylation is 2. The van der Waals surface area contributed by atoms with Crippen molar-refractivity contribution >= 4 is 0 Å². The Balaban J connectivity index is 3.12. The van der Waals surface area contributed by atoms with Crippen LogP contribution in [0.15, 0.2) is 0 Å². The van der Waals surface area contributed by atoms with Crippen LogP contribution in [0.1, 0.15) is 36.8 Å². The molecule has 0 bridgehead atoms. The molecule has 0 aliphatic rings. The molecule has 13 heavy (non-hydrogen) atoms. The lowest BCUT2D eigenvalue weighted by atomic mass is 10.1. The van der Waals surface area contributed by atoms with Gasteiger partial charge in [0.2, 0.25) is 0 Å². The summed E-state index contributed by atoms with van der Waals surface area (Å²) in [4.78, 5) is 0. The molecule has 0 amide bonds. The van der Waals surface area contributed by atoms with Crippen molar-refractivity contribution < 1.29 is 0 Å². The van der Waals surface area contributed by atoms with E-state index in [9.17, 15) is 0 Å². The Morgan fingerprint density at radius 3 is 2.46 bits per heavy atom. The van der Waals surface area contributed by atoms with Gasteiger partial charge in [0, 0.05) is 23.8 Å². The topological polar surface area (TPSA) is 29.9 Å². The molecular formula is C10H19N3. The van der Waals surface area contributed by atoms with Crippen molar-refractivity contribution in [2.24, 2.45) is 0 Å². The quantitative estimate of drug-likeness (QED) is 0.770. The number of hydrogen-bond donors (Lipinski definition) is 1. The molecule has 1 aromatic heterocycles. The molecule has 1 aromatic rings. The van der Waals surface area contributed by atoms with Gasteiger partial charge in [-0.25, -0.2) is 0 Å². The minimum atomic E-state index is 0.389. The third-order valence-electron chi connectivity index (χ3n) is 2.60. The van der Waals surface area contributed by atoms with E-state index in [2.05, 4.69) is 42.8 Å². The first-order valence-corrected chi connectivity index (χ1v) is 4.83. The van der Waals surface area contributed by atoms with Crippen LogP contribution in [0.4, 0.5) is 0 Å². The summed E-state index contributed by atoms with van der Waals surface area (Å²) in [6.07, 6.45) is 0. The van der Waals surface area contributed by atoms with Gasteiger partial charge in [0.25, 0.3) is 0 Å². The maximum Gasteiger partial charge on any atom is 0.0644 e. The van der Waals surface area contributed by atoms with E-state index in [0.29, 0.717) is 6.04 Å². The first-order valence-electron chi connectivity index (χ1n) is 4.83. The number of nitrogens with zero attached hydrogens (tertiary/aromatic N) is 2.